The first-order chi connectivity index (χ1) is 17.6. The Labute approximate surface area is 225 Å². The summed E-state index contributed by atoms with van der Waals surface area (Å²) in [6, 6.07) is 9.81. The van der Waals surface area contributed by atoms with E-state index < -0.39 is 21.9 Å². The molecule has 0 aliphatic carbocycles. The van der Waals surface area contributed by atoms with Crippen molar-refractivity contribution in [3.63, 3.8) is 0 Å². The molecule has 0 saturated carbocycles. The molecule has 11 heteroatoms. The van der Waals surface area contributed by atoms with E-state index in [1.807, 2.05) is 0 Å². The predicted octanol–water partition coefficient (Wildman–Crippen LogP) is 3.96. The van der Waals surface area contributed by atoms with Crippen molar-refractivity contribution in [3.8, 4) is 0 Å². The second kappa shape index (κ2) is 11.3. The van der Waals surface area contributed by atoms with E-state index in [2.05, 4.69) is 21.2 Å². The number of amides is 2. The summed E-state index contributed by atoms with van der Waals surface area (Å²) in [6.45, 7) is 4.60. The number of fused-ring (bicyclic) bond motifs is 1. The van der Waals surface area contributed by atoms with Gasteiger partial charge in [0.25, 0.3) is 0 Å². The molecule has 37 heavy (non-hydrogen) atoms. The van der Waals surface area contributed by atoms with Crippen molar-refractivity contribution in [2.24, 2.45) is 5.92 Å². The highest BCUT2D eigenvalue weighted by molar-refractivity contribution is 9.10. The Balaban J connectivity index is 1.52. The van der Waals surface area contributed by atoms with Crippen LogP contribution in [0.5, 0.6) is 0 Å². The van der Waals surface area contributed by atoms with Crippen molar-refractivity contribution in [2.75, 3.05) is 36.5 Å². The predicted molar refractivity (Wildman–Crippen MR) is 143 cm³/mol. The van der Waals surface area contributed by atoms with Crippen LogP contribution in [0.15, 0.2) is 45.8 Å². The Hall–Kier alpha value is -2.76. The van der Waals surface area contributed by atoms with E-state index in [9.17, 15) is 22.8 Å². The van der Waals surface area contributed by atoms with Gasteiger partial charge in [0, 0.05) is 41.9 Å². The highest BCUT2D eigenvalue weighted by atomic mass is 79.9. The SMILES string of the molecule is CCOC(=O)c1cccc(NC(=O)[C@@H]2CCCN(S(=O)(=O)c3cc4c(cc3Br)CCN4C(=O)CC)C2)c1. The van der Waals surface area contributed by atoms with Crippen LogP contribution in [0.4, 0.5) is 11.4 Å². The molecule has 2 aliphatic heterocycles. The number of carbonyl (C=O) groups excluding carboxylic acids is 3. The van der Waals surface area contributed by atoms with Gasteiger partial charge in [0.1, 0.15) is 0 Å². The maximum atomic E-state index is 13.7. The number of ether oxygens (including phenoxy) is 1. The summed E-state index contributed by atoms with van der Waals surface area (Å²) in [5.41, 5.74) is 2.32. The van der Waals surface area contributed by atoms with Crippen LogP contribution in [0.2, 0.25) is 0 Å². The van der Waals surface area contributed by atoms with Gasteiger partial charge >= 0.3 is 5.97 Å². The molecule has 9 nitrogen and oxygen atoms in total. The van der Waals surface area contributed by atoms with Gasteiger partial charge in [-0.2, -0.15) is 4.31 Å². The van der Waals surface area contributed by atoms with Crippen LogP contribution in [-0.2, 0) is 30.8 Å². The highest BCUT2D eigenvalue weighted by Gasteiger charge is 2.36. The van der Waals surface area contributed by atoms with Crippen LogP contribution in [0, 0.1) is 5.92 Å². The van der Waals surface area contributed by atoms with Crippen molar-refractivity contribution in [2.45, 2.75) is 44.4 Å². The van der Waals surface area contributed by atoms with E-state index in [0.717, 1.165) is 5.56 Å². The summed E-state index contributed by atoms with van der Waals surface area (Å²) < 4.78 is 34.1. The number of hydrogen-bond acceptors (Lipinski definition) is 6. The summed E-state index contributed by atoms with van der Waals surface area (Å²) in [4.78, 5) is 39.2. The van der Waals surface area contributed by atoms with Gasteiger partial charge in [0.05, 0.1) is 23.0 Å². The third-order valence-electron chi connectivity index (χ3n) is 6.65. The number of rotatable bonds is 7. The Morgan fingerprint density at radius 3 is 2.65 bits per heavy atom. The fourth-order valence-electron chi connectivity index (χ4n) is 4.73. The van der Waals surface area contributed by atoms with Gasteiger partial charge in [-0.25, -0.2) is 13.2 Å². The number of halogens is 1. The summed E-state index contributed by atoms with van der Waals surface area (Å²) in [5.74, 6) is -1.39. The van der Waals surface area contributed by atoms with Gasteiger partial charge in [-0.3, -0.25) is 9.59 Å². The average molecular weight is 593 g/mol. The van der Waals surface area contributed by atoms with Crippen LogP contribution in [0.1, 0.15) is 49.0 Å². The number of carbonyl (C=O) groups is 3. The van der Waals surface area contributed by atoms with Crippen molar-refractivity contribution in [1.82, 2.24) is 4.31 Å². The molecule has 0 radical (unpaired) electrons. The lowest BCUT2D eigenvalue weighted by Gasteiger charge is -2.31. The Morgan fingerprint density at radius 2 is 1.92 bits per heavy atom. The third-order valence-corrected chi connectivity index (χ3v) is 9.47. The zero-order valence-corrected chi connectivity index (χ0v) is 23.2. The van der Waals surface area contributed by atoms with Gasteiger partial charge in [-0.15, -0.1) is 0 Å². The fraction of sp³-hybridized carbons (Fsp3) is 0.423. The Morgan fingerprint density at radius 1 is 1.14 bits per heavy atom. The molecule has 2 heterocycles. The highest BCUT2D eigenvalue weighted by Crippen LogP contribution is 2.37. The fourth-order valence-corrected chi connectivity index (χ4v) is 7.33. The maximum absolute atomic E-state index is 13.7. The molecule has 2 amide bonds. The molecular weight excluding hydrogens is 562 g/mol. The van der Waals surface area contributed by atoms with E-state index in [-0.39, 0.29) is 29.9 Å². The molecule has 2 aromatic carbocycles. The summed E-state index contributed by atoms with van der Waals surface area (Å²) in [5, 5.41) is 2.81. The molecule has 198 valence electrons. The topological polar surface area (TPSA) is 113 Å². The van der Waals surface area contributed by atoms with Crippen molar-refractivity contribution < 1.29 is 27.5 Å². The minimum Gasteiger partial charge on any atom is -0.462 e. The molecule has 4 rings (SSSR count). The Kier molecular flexibility index (Phi) is 8.35. The number of anilines is 2. The molecule has 1 atom stereocenters. The monoisotopic (exact) mass is 591 g/mol. The number of esters is 1. The van der Waals surface area contributed by atoms with E-state index in [0.29, 0.717) is 60.2 Å². The molecule has 0 unspecified atom stereocenters. The van der Waals surface area contributed by atoms with E-state index in [4.69, 9.17) is 4.74 Å². The van der Waals surface area contributed by atoms with Crippen LogP contribution >= 0.6 is 15.9 Å². The van der Waals surface area contributed by atoms with Crippen LogP contribution < -0.4 is 10.2 Å². The normalized spacial score (nSPS) is 17.8. The molecule has 0 bridgehead atoms. The number of nitrogens with zero attached hydrogens (tertiary/aromatic N) is 2. The smallest absolute Gasteiger partial charge is 0.338 e. The molecule has 0 spiro atoms. The summed E-state index contributed by atoms with van der Waals surface area (Å²) >= 11 is 3.42. The first-order valence-corrected chi connectivity index (χ1v) is 14.6. The molecule has 2 aromatic rings. The van der Waals surface area contributed by atoms with Crippen LogP contribution in [-0.4, -0.2) is 56.7 Å². The minimum atomic E-state index is -3.93. The Bertz CT molecular complexity index is 1330. The number of benzene rings is 2. The lowest BCUT2D eigenvalue weighted by atomic mass is 9.98. The maximum Gasteiger partial charge on any atom is 0.338 e. The lowest BCUT2D eigenvalue weighted by Crippen LogP contribution is -2.43. The van der Waals surface area contributed by atoms with Gasteiger partial charge in [0.15, 0.2) is 0 Å². The van der Waals surface area contributed by atoms with Crippen molar-refractivity contribution in [1.29, 1.82) is 0 Å². The van der Waals surface area contributed by atoms with Gasteiger partial charge in [-0.1, -0.05) is 13.0 Å². The van der Waals surface area contributed by atoms with Crippen molar-refractivity contribution >= 4 is 55.1 Å². The molecule has 1 fully saturated rings. The average Bonchev–Trinajstić information content (AvgIpc) is 3.30. The van der Waals surface area contributed by atoms with E-state index in [1.54, 1.807) is 49.1 Å². The molecule has 1 saturated heterocycles. The lowest BCUT2D eigenvalue weighted by molar-refractivity contribution is -0.121. The molecule has 1 N–H and O–H groups in total. The minimum absolute atomic E-state index is 0.0346. The number of piperidine rings is 1. The third kappa shape index (κ3) is 5.73. The van der Waals surface area contributed by atoms with Crippen molar-refractivity contribution in [3.05, 3.63) is 52.0 Å². The summed E-state index contributed by atoms with van der Waals surface area (Å²) in [6.07, 6.45) is 2.08. The van der Waals surface area contributed by atoms with E-state index in [1.165, 1.54) is 10.4 Å². The number of sulfonamides is 1. The zero-order valence-electron chi connectivity index (χ0n) is 20.8. The largest absolute Gasteiger partial charge is 0.462 e. The molecule has 2 aliphatic rings. The molecule has 0 aromatic heterocycles. The second-order valence-electron chi connectivity index (χ2n) is 9.05. The standard InChI is InChI=1S/C26H30BrN3O6S/c1-3-24(31)30-12-10-17-14-21(27)23(15-22(17)30)37(34,35)29-11-6-8-19(16-29)25(32)28-20-9-5-7-18(13-20)26(33)36-4-2/h5,7,9,13-15,19H,3-4,6,8,10-12,16H2,1-2H3,(H,28,32)/t19-/m1/s1. The summed E-state index contributed by atoms with van der Waals surface area (Å²) in [7, 11) is -3.93. The van der Waals surface area contributed by atoms with Crippen LogP contribution in [0.3, 0.4) is 0 Å². The van der Waals surface area contributed by atoms with Crippen LogP contribution in [0.25, 0.3) is 0 Å². The van der Waals surface area contributed by atoms with Gasteiger partial charge in [0.2, 0.25) is 21.8 Å². The molecular formula is C26H30BrN3O6S. The van der Waals surface area contributed by atoms with Gasteiger partial charge in [-0.05, 0) is 78.0 Å². The quantitative estimate of drug-likeness (QED) is 0.487. The second-order valence-corrected chi connectivity index (χ2v) is 11.8. The first kappa shape index (κ1) is 27.3. The van der Waals surface area contributed by atoms with E-state index >= 15 is 0 Å². The van der Waals surface area contributed by atoms with Gasteiger partial charge < -0.3 is 15.0 Å². The number of nitrogens with one attached hydrogen (secondary N) is 1. The number of hydrogen-bond donors (Lipinski definition) is 1. The first-order valence-electron chi connectivity index (χ1n) is 12.4. The zero-order chi connectivity index (χ0) is 26.7.